The molecule has 10 heteroatoms. The van der Waals surface area contributed by atoms with Crippen molar-refractivity contribution in [1.29, 1.82) is 0 Å². The van der Waals surface area contributed by atoms with E-state index in [4.69, 9.17) is 9.90 Å². The number of aliphatic carboxylic acids is 1. The first-order valence-electron chi connectivity index (χ1n) is 8.62. The molecule has 0 saturated heterocycles. The first-order valence-corrected chi connectivity index (χ1v) is 8.62. The predicted octanol–water partition coefficient (Wildman–Crippen LogP) is 2.78. The molecule has 1 aliphatic rings. The fraction of sp³-hybridized carbons (Fsp3) is 0.588. The van der Waals surface area contributed by atoms with Gasteiger partial charge in [-0.05, 0) is 33.2 Å². The van der Waals surface area contributed by atoms with Gasteiger partial charge in [-0.3, -0.25) is 9.58 Å². The van der Waals surface area contributed by atoms with Crippen molar-refractivity contribution in [2.75, 3.05) is 6.54 Å². The fourth-order valence-electron chi connectivity index (χ4n) is 3.04. The molecule has 0 aliphatic carbocycles. The summed E-state index contributed by atoms with van der Waals surface area (Å²) in [6.07, 6.45) is 3.20. The lowest BCUT2D eigenvalue weighted by Crippen LogP contribution is -2.24. The van der Waals surface area contributed by atoms with Crippen LogP contribution >= 0.6 is 0 Å². The highest BCUT2D eigenvalue weighted by molar-refractivity contribution is 5.73. The highest BCUT2D eigenvalue weighted by Gasteiger charge is 2.38. The highest BCUT2D eigenvalue weighted by atomic mass is 19.4. The second kappa shape index (κ2) is 8.55. The Morgan fingerprint density at radius 3 is 2.59 bits per heavy atom. The number of halogens is 3. The summed E-state index contributed by atoms with van der Waals surface area (Å²) in [5.41, 5.74) is 4.07. The molecule has 0 spiro atoms. The summed E-state index contributed by atoms with van der Waals surface area (Å²) < 4.78 is 36.0. The maximum atomic E-state index is 10.6. The van der Waals surface area contributed by atoms with Crippen molar-refractivity contribution in [3.05, 3.63) is 35.7 Å². The largest absolute Gasteiger partial charge is 0.490 e. The number of alkyl halides is 3. The first-order chi connectivity index (χ1) is 12.6. The van der Waals surface area contributed by atoms with Crippen molar-refractivity contribution in [2.24, 2.45) is 7.05 Å². The van der Waals surface area contributed by atoms with E-state index in [9.17, 15) is 13.2 Å². The number of hydrogen-bond donors (Lipinski definition) is 1. The van der Waals surface area contributed by atoms with Crippen LogP contribution in [0.15, 0.2) is 18.7 Å². The summed E-state index contributed by atoms with van der Waals surface area (Å²) in [5, 5.41) is 11.5. The van der Waals surface area contributed by atoms with Crippen LogP contribution in [-0.4, -0.2) is 48.0 Å². The molecule has 1 aliphatic heterocycles. The molecular weight excluding hydrogens is 363 g/mol. The van der Waals surface area contributed by atoms with Crippen LogP contribution in [0.5, 0.6) is 0 Å². The molecule has 2 aromatic heterocycles. The summed E-state index contributed by atoms with van der Waals surface area (Å²) in [7, 11) is 2.04. The van der Waals surface area contributed by atoms with E-state index in [1.807, 2.05) is 30.5 Å². The van der Waals surface area contributed by atoms with Gasteiger partial charge in [-0.1, -0.05) is 0 Å². The van der Waals surface area contributed by atoms with Crippen molar-refractivity contribution in [3.8, 4) is 0 Å². The van der Waals surface area contributed by atoms with Crippen LogP contribution in [0.2, 0.25) is 0 Å². The number of fused-ring (bicyclic) bond motifs is 1. The van der Waals surface area contributed by atoms with Gasteiger partial charge in [0.2, 0.25) is 0 Å². The molecule has 0 amide bonds. The molecule has 0 fully saturated rings. The zero-order valence-electron chi connectivity index (χ0n) is 15.6. The van der Waals surface area contributed by atoms with Crippen molar-refractivity contribution >= 4 is 5.97 Å². The third-order valence-electron chi connectivity index (χ3n) is 4.36. The Labute approximate surface area is 155 Å². The van der Waals surface area contributed by atoms with Gasteiger partial charge in [0.1, 0.15) is 0 Å². The Morgan fingerprint density at radius 2 is 2.00 bits per heavy atom. The van der Waals surface area contributed by atoms with Crippen molar-refractivity contribution < 1.29 is 23.1 Å². The zero-order valence-corrected chi connectivity index (χ0v) is 15.6. The number of carbonyl (C=O) groups is 1. The Balaban J connectivity index is 0.000000321. The normalized spacial score (nSPS) is 15.1. The maximum Gasteiger partial charge on any atom is 0.490 e. The lowest BCUT2D eigenvalue weighted by molar-refractivity contribution is -0.192. The number of hydrogen-bond acceptors (Lipinski definition) is 4. The molecule has 0 atom stereocenters. The lowest BCUT2D eigenvalue weighted by Gasteiger charge is -2.21. The minimum Gasteiger partial charge on any atom is -0.475 e. The Hall–Kier alpha value is -2.36. The van der Waals surface area contributed by atoms with Crippen LogP contribution in [0.4, 0.5) is 13.2 Å². The van der Waals surface area contributed by atoms with E-state index in [2.05, 4.69) is 33.4 Å². The van der Waals surface area contributed by atoms with Crippen LogP contribution in [0.3, 0.4) is 0 Å². The summed E-state index contributed by atoms with van der Waals surface area (Å²) in [6.45, 7) is 7.50. The second-order valence-corrected chi connectivity index (χ2v) is 6.74. The molecule has 27 heavy (non-hydrogen) atoms. The van der Waals surface area contributed by atoms with Crippen molar-refractivity contribution in [1.82, 2.24) is 24.2 Å². The molecule has 0 unspecified atom stereocenters. The topological polar surface area (TPSA) is 76.2 Å². The smallest absolute Gasteiger partial charge is 0.475 e. The molecule has 0 aromatic carbocycles. The number of aryl methyl sites for hydroxylation is 1. The molecule has 3 heterocycles. The lowest BCUT2D eigenvalue weighted by atomic mass is 10.2. The van der Waals surface area contributed by atoms with E-state index in [1.54, 1.807) is 0 Å². The molecule has 0 saturated carbocycles. The van der Waals surface area contributed by atoms with Crippen molar-refractivity contribution in [2.45, 2.75) is 52.0 Å². The minimum absolute atomic E-state index is 0.466. The van der Waals surface area contributed by atoms with E-state index in [1.165, 1.54) is 23.4 Å². The molecule has 1 N–H and O–H groups in total. The van der Waals surface area contributed by atoms with E-state index in [-0.39, 0.29) is 0 Å². The van der Waals surface area contributed by atoms with E-state index in [0.717, 1.165) is 26.1 Å². The average molecular weight is 387 g/mol. The average Bonchev–Trinajstić information content (AvgIpc) is 3.09. The highest BCUT2D eigenvalue weighted by Crippen LogP contribution is 2.20. The van der Waals surface area contributed by atoms with Gasteiger partial charge in [0.25, 0.3) is 0 Å². The van der Waals surface area contributed by atoms with Gasteiger partial charge in [0.05, 0.1) is 18.2 Å². The standard InChI is InChI=1S/C15H23N5.C2HF3O2/c1-12(2)20-11-16-8-14(20)10-19-6-4-5-15-13(9-19)7-17-18(15)3;3-2(4,5)1(6)7/h7-8,11-12H,4-6,9-10H2,1-3H3;(H,6,7). The van der Waals surface area contributed by atoms with Gasteiger partial charge in [-0.2, -0.15) is 18.3 Å². The molecule has 0 bridgehead atoms. The summed E-state index contributed by atoms with van der Waals surface area (Å²) >= 11 is 0. The third-order valence-corrected chi connectivity index (χ3v) is 4.36. The number of carboxylic acids is 1. The minimum atomic E-state index is -5.08. The zero-order chi connectivity index (χ0) is 20.2. The Morgan fingerprint density at radius 1 is 1.33 bits per heavy atom. The van der Waals surface area contributed by atoms with Gasteiger partial charge in [-0.15, -0.1) is 0 Å². The first kappa shape index (κ1) is 20.9. The van der Waals surface area contributed by atoms with Crippen LogP contribution < -0.4 is 0 Å². The Bertz CT molecular complexity index is 767. The summed E-state index contributed by atoms with van der Waals surface area (Å²) in [5.74, 6) is -2.76. The number of imidazole rings is 1. The van der Waals surface area contributed by atoms with Crippen LogP contribution in [0, 0.1) is 0 Å². The molecule has 0 radical (unpaired) electrons. The molecule has 150 valence electrons. The maximum absolute atomic E-state index is 10.6. The predicted molar refractivity (Wildman–Crippen MR) is 91.9 cm³/mol. The second-order valence-electron chi connectivity index (χ2n) is 6.74. The van der Waals surface area contributed by atoms with Gasteiger partial charge in [-0.25, -0.2) is 9.78 Å². The van der Waals surface area contributed by atoms with E-state index < -0.39 is 12.1 Å². The van der Waals surface area contributed by atoms with E-state index >= 15 is 0 Å². The number of aromatic nitrogens is 4. The van der Waals surface area contributed by atoms with Crippen LogP contribution in [0.1, 0.15) is 43.3 Å². The van der Waals surface area contributed by atoms with Crippen LogP contribution in [-0.2, 0) is 31.4 Å². The monoisotopic (exact) mass is 387 g/mol. The SMILES string of the molecule is CC(C)n1cncc1CN1CCCc2c(cnn2C)C1.O=C(O)C(F)(F)F. The number of rotatable bonds is 3. The number of carboxylic acid groups (broad SMARTS) is 1. The van der Waals surface area contributed by atoms with Crippen LogP contribution in [0.25, 0.3) is 0 Å². The number of nitrogens with zero attached hydrogens (tertiary/aromatic N) is 5. The van der Waals surface area contributed by atoms with Gasteiger partial charge >= 0.3 is 12.1 Å². The Kier molecular flexibility index (Phi) is 6.63. The molecule has 2 aromatic rings. The quantitative estimate of drug-likeness (QED) is 0.877. The van der Waals surface area contributed by atoms with Gasteiger partial charge in [0.15, 0.2) is 0 Å². The van der Waals surface area contributed by atoms with Gasteiger partial charge < -0.3 is 9.67 Å². The van der Waals surface area contributed by atoms with Gasteiger partial charge in [0, 0.05) is 43.6 Å². The summed E-state index contributed by atoms with van der Waals surface area (Å²) in [4.78, 5) is 15.7. The fourth-order valence-corrected chi connectivity index (χ4v) is 3.04. The summed E-state index contributed by atoms with van der Waals surface area (Å²) in [6, 6.07) is 0.466. The molecular formula is C17H24F3N5O2. The third kappa shape index (κ3) is 5.56. The van der Waals surface area contributed by atoms with E-state index in [0.29, 0.717) is 6.04 Å². The molecule has 7 nitrogen and oxygen atoms in total. The molecule has 3 rings (SSSR count). The van der Waals surface area contributed by atoms with Crippen molar-refractivity contribution in [3.63, 3.8) is 0 Å².